The Bertz CT molecular complexity index is 1070. The Kier molecular flexibility index (Phi) is 7.91. The number of carboxylic acids is 1. The van der Waals surface area contributed by atoms with Crippen LogP contribution in [0.15, 0.2) is 54.6 Å². The number of hydrogen-bond acceptors (Lipinski definition) is 4. The van der Waals surface area contributed by atoms with Gasteiger partial charge in [0.2, 0.25) is 0 Å². The van der Waals surface area contributed by atoms with E-state index < -0.39 is 5.97 Å². The molecule has 162 valence electrons. The molecule has 0 spiro atoms. The predicted octanol–water partition coefficient (Wildman–Crippen LogP) is 6.93. The molecule has 5 nitrogen and oxygen atoms in total. The number of hydrogen-bond donors (Lipinski definition) is 2. The lowest BCUT2D eigenvalue weighted by molar-refractivity contribution is 0.0697. The second kappa shape index (κ2) is 10.6. The summed E-state index contributed by atoms with van der Waals surface area (Å²) in [7, 11) is 0. The summed E-state index contributed by atoms with van der Waals surface area (Å²) in [6.07, 6.45) is 0. The first-order valence-corrected chi connectivity index (χ1v) is 10.6. The molecule has 0 heterocycles. The van der Waals surface area contributed by atoms with Crippen molar-refractivity contribution in [3.8, 4) is 11.5 Å². The number of rotatable bonds is 9. The molecule has 0 fully saturated rings. The van der Waals surface area contributed by atoms with Crippen molar-refractivity contribution < 1.29 is 19.4 Å². The van der Waals surface area contributed by atoms with Crippen LogP contribution in [0.1, 0.15) is 28.4 Å². The second-order valence-electron chi connectivity index (χ2n) is 6.61. The lowest BCUT2D eigenvalue weighted by Crippen LogP contribution is -2.04. The molecular weight excluding hydrogens is 461 g/mol. The number of nitrogens with one attached hydrogen (secondary N) is 1. The maximum Gasteiger partial charge on any atom is 0.337 e. The van der Waals surface area contributed by atoms with Crippen molar-refractivity contribution in [1.82, 2.24) is 0 Å². The van der Waals surface area contributed by atoms with Gasteiger partial charge in [0.1, 0.15) is 6.61 Å². The molecule has 0 saturated heterocycles. The molecule has 3 aromatic carbocycles. The summed E-state index contributed by atoms with van der Waals surface area (Å²) in [6, 6.07) is 15.7. The van der Waals surface area contributed by atoms with E-state index >= 15 is 0 Å². The topological polar surface area (TPSA) is 67.8 Å². The van der Waals surface area contributed by atoms with Gasteiger partial charge in [-0.2, -0.15) is 0 Å². The molecule has 0 aliphatic carbocycles. The summed E-state index contributed by atoms with van der Waals surface area (Å²) in [5.74, 6) is -0.0602. The van der Waals surface area contributed by atoms with Gasteiger partial charge in [0.15, 0.2) is 11.5 Å². The third kappa shape index (κ3) is 6.20. The van der Waals surface area contributed by atoms with Gasteiger partial charge < -0.3 is 19.9 Å². The molecule has 31 heavy (non-hydrogen) atoms. The van der Waals surface area contributed by atoms with Gasteiger partial charge in [-0.3, -0.25) is 0 Å². The van der Waals surface area contributed by atoms with Crippen molar-refractivity contribution in [3.05, 3.63) is 86.4 Å². The molecule has 2 N–H and O–H groups in total. The first-order chi connectivity index (χ1) is 14.9. The van der Waals surface area contributed by atoms with Crippen molar-refractivity contribution in [1.29, 1.82) is 0 Å². The van der Waals surface area contributed by atoms with Crippen molar-refractivity contribution in [2.45, 2.75) is 20.1 Å². The summed E-state index contributed by atoms with van der Waals surface area (Å²) >= 11 is 18.4. The van der Waals surface area contributed by atoms with Gasteiger partial charge in [0.25, 0.3) is 0 Å². The second-order valence-corrected chi connectivity index (χ2v) is 7.86. The number of carbonyl (C=O) groups is 1. The van der Waals surface area contributed by atoms with Gasteiger partial charge in [-0.05, 0) is 60.5 Å². The Hall–Kier alpha value is -2.60. The van der Waals surface area contributed by atoms with Crippen LogP contribution in [0.4, 0.5) is 5.69 Å². The third-order valence-corrected chi connectivity index (χ3v) is 5.21. The van der Waals surface area contributed by atoms with E-state index in [0.717, 1.165) is 11.1 Å². The van der Waals surface area contributed by atoms with E-state index in [2.05, 4.69) is 5.32 Å². The van der Waals surface area contributed by atoms with Gasteiger partial charge >= 0.3 is 5.97 Å². The molecule has 0 aromatic heterocycles. The van der Waals surface area contributed by atoms with Gasteiger partial charge in [-0.15, -0.1) is 0 Å². The summed E-state index contributed by atoms with van der Waals surface area (Å²) in [6.45, 7) is 3.09. The lowest BCUT2D eigenvalue weighted by atomic mass is 10.1. The molecule has 0 aliphatic rings. The molecule has 0 saturated carbocycles. The highest BCUT2D eigenvalue weighted by molar-refractivity contribution is 6.34. The van der Waals surface area contributed by atoms with Gasteiger partial charge in [0, 0.05) is 17.3 Å². The minimum absolute atomic E-state index is 0.0519. The van der Waals surface area contributed by atoms with E-state index in [9.17, 15) is 4.79 Å². The van der Waals surface area contributed by atoms with Crippen LogP contribution >= 0.6 is 34.8 Å². The average Bonchev–Trinajstić information content (AvgIpc) is 2.73. The van der Waals surface area contributed by atoms with Gasteiger partial charge in [0.05, 0.1) is 22.2 Å². The number of halogens is 3. The quantitative estimate of drug-likeness (QED) is 0.347. The van der Waals surface area contributed by atoms with Crippen molar-refractivity contribution in [2.24, 2.45) is 0 Å². The third-order valence-electron chi connectivity index (χ3n) is 4.36. The monoisotopic (exact) mass is 479 g/mol. The highest BCUT2D eigenvalue weighted by Crippen LogP contribution is 2.37. The molecule has 0 bridgehead atoms. The summed E-state index contributed by atoms with van der Waals surface area (Å²) in [5.41, 5.74) is 2.56. The fourth-order valence-corrected chi connectivity index (χ4v) is 3.54. The van der Waals surface area contributed by atoms with Crippen LogP contribution in [0.2, 0.25) is 15.1 Å². The predicted molar refractivity (Wildman–Crippen MR) is 124 cm³/mol. The summed E-state index contributed by atoms with van der Waals surface area (Å²) < 4.78 is 11.7. The van der Waals surface area contributed by atoms with Crippen LogP contribution in [-0.4, -0.2) is 17.7 Å². The largest absolute Gasteiger partial charge is 0.490 e. The normalized spacial score (nSPS) is 10.6. The van der Waals surface area contributed by atoms with Crippen LogP contribution in [0.3, 0.4) is 0 Å². The number of carboxylic acid groups (broad SMARTS) is 1. The minimum Gasteiger partial charge on any atom is -0.490 e. The summed E-state index contributed by atoms with van der Waals surface area (Å²) in [4.78, 5) is 11.1. The standard InChI is InChI=1S/C23H20Cl3NO4/c1-2-30-21-10-15(12-27-17-7-8-18(23(28)29)19(25)11-17)9-20(26)22(21)31-13-14-3-5-16(24)6-4-14/h3-11,27H,2,12-13H2,1H3,(H,28,29). The van der Waals surface area contributed by atoms with E-state index in [0.29, 0.717) is 47.0 Å². The zero-order valence-corrected chi connectivity index (χ0v) is 18.9. The lowest BCUT2D eigenvalue weighted by Gasteiger charge is -2.16. The average molecular weight is 481 g/mol. The van der Waals surface area contributed by atoms with E-state index in [4.69, 9.17) is 49.4 Å². The number of ether oxygens (including phenoxy) is 2. The first-order valence-electron chi connectivity index (χ1n) is 9.46. The molecule has 3 rings (SSSR count). The van der Waals surface area contributed by atoms with Crippen LogP contribution in [0.25, 0.3) is 0 Å². The SMILES string of the molecule is CCOc1cc(CNc2ccc(C(=O)O)c(Cl)c2)cc(Cl)c1OCc1ccc(Cl)cc1. The summed E-state index contributed by atoms with van der Waals surface area (Å²) in [5, 5.41) is 13.5. The molecule has 0 radical (unpaired) electrons. The number of aromatic carboxylic acids is 1. The highest BCUT2D eigenvalue weighted by Gasteiger charge is 2.14. The Morgan fingerprint density at radius 3 is 2.32 bits per heavy atom. The fraction of sp³-hybridized carbons (Fsp3) is 0.174. The van der Waals surface area contributed by atoms with E-state index in [-0.39, 0.29) is 10.6 Å². The van der Waals surface area contributed by atoms with Gasteiger partial charge in [-0.25, -0.2) is 4.79 Å². The van der Waals surface area contributed by atoms with Crippen molar-refractivity contribution >= 4 is 46.5 Å². The molecule has 0 amide bonds. The molecular formula is C23H20Cl3NO4. The van der Waals surface area contributed by atoms with Crippen LogP contribution < -0.4 is 14.8 Å². The molecule has 8 heteroatoms. The zero-order valence-electron chi connectivity index (χ0n) is 16.6. The van der Waals surface area contributed by atoms with E-state index in [1.807, 2.05) is 25.1 Å². The van der Waals surface area contributed by atoms with Crippen LogP contribution in [0.5, 0.6) is 11.5 Å². The Morgan fingerprint density at radius 1 is 0.935 bits per heavy atom. The zero-order chi connectivity index (χ0) is 22.4. The number of anilines is 1. The Labute approximate surface area is 195 Å². The number of benzene rings is 3. The smallest absolute Gasteiger partial charge is 0.337 e. The molecule has 0 aliphatic heterocycles. The Morgan fingerprint density at radius 2 is 1.68 bits per heavy atom. The molecule has 3 aromatic rings. The molecule has 0 unspecified atom stereocenters. The van der Waals surface area contributed by atoms with Crippen LogP contribution in [-0.2, 0) is 13.2 Å². The fourth-order valence-electron chi connectivity index (χ4n) is 2.87. The van der Waals surface area contributed by atoms with E-state index in [1.54, 1.807) is 30.3 Å². The van der Waals surface area contributed by atoms with Crippen molar-refractivity contribution in [3.63, 3.8) is 0 Å². The first kappa shape index (κ1) is 23.1. The minimum atomic E-state index is -1.07. The van der Waals surface area contributed by atoms with Crippen LogP contribution in [0, 0.1) is 0 Å². The van der Waals surface area contributed by atoms with E-state index in [1.165, 1.54) is 6.07 Å². The van der Waals surface area contributed by atoms with Crippen molar-refractivity contribution in [2.75, 3.05) is 11.9 Å². The highest BCUT2D eigenvalue weighted by atomic mass is 35.5. The maximum atomic E-state index is 11.1. The Balaban J connectivity index is 1.73. The molecule has 0 atom stereocenters. The van der Waals surface area contributed by atoms with Gasteiger partial charge in [-0.1, -0.05) is 46.9 Å². The maximum absolute atomic E-state index is 11.1.